The minimum Gasteiger partial charge on any atom is -0.497 e. The average molecular weight is 499 g/mol. The summed E-state index contributed by atoms with van der Waals surface area (Å²) >= 11 is 0. The van der Waals surface area contributed by atoms with Gasteiger partial charge in [-0.25, -0.2) is 8.42 Å². The number of rotatable bonds is 6. The third-order valence-electron chi connectivity index (χ3n) is 6.57. The van der Waals surface area contributed by atoms with Gasteiger partial charge in [0.15, 0.2) is 0 Å². The van der Waals surface area contributed by atoms with Gasteiger partial charge < -0.3 is 10.1 Å². The molecule has 182 valence electrons. The van der Waals surface area contributed by atoms with Gasteiger partial charge in [0, 0.05) is 48.7 Å². The minimum atomic E-state index is -3.59. The quantitative estimate of drug-likeness (QED) is 0.400. The van der Waals surface area contributed by atoms with Gasteiger partial charge in [-0.05, 0) is 71.8 Å². The molecule has 1 N–H and O–H groups in total. The summed E-state index contributed by atoms with van der Waals surface area (Å²) in [5, 5.41) is 15.0. The Kier molecular flexibility index (Phi) is 6.59. The molecule has 0 spiro atoms. The Morgan fingerprint density at radius 1 is 1.03 bits per heavy atom. The van der Waals surface area contributed by atoms with Crippen molar-refractivity contribution < 1.29 is 13.2 Å². The number of nitrogens with zero attached hydrogens (tertiary/aromatic N) is 3. The molecular formula is C28H26N4O3S. The van der Waals surface area contributed by atoms with Crippen LogP contribution in [0.3, 0.4) is 0 Å². The molecule has 0 atom stereocenters. The van der Waals surface area contributed by atoms with Crippen molar-refractivity contribution in [2.24, 2.45) is 0 Å². The van der Waals surface area contributed by atoms with Crippen LogP contribution in [0.4, 0.5) is 5.69 Å². The molecule has 0 amide bonds. The zero-order chi connectivity index (χ0) is 25.1. The number of fused-ring (bicyclic) bond motifs is 1. The molecule has 0 saturated carbocycles. The lowest BCUT2D eigenvalue weighted by Gasteiger charge is -2.32. The summed E-state index contributed by atoms with van der Waals surface area (Å²) in [6.07, 6.45) is 4.97. The Morgan fingerprint density at radius 2 is 1.83 bits per heavy atom. The summed E-state index contributed by atoms with van der Waals surface area (Å²) in [7, 11) is -2.06. The lowest BCUT2D eigenvalue weighted by atomic mass is 9.98. The SMILES string of the molecule is COc1cccc(S(=O)(=O)N2CCC(Nc3cc(-c4cccc(C#N)c4)cc4ccncc34)CC2)c1. The standard InChI is InChI=1S/C28H26N4O3S/c1-35-25-6-3-7-26(17-25)36(33,34)32-12-9-24(10-13-32)31-28-16-23(15-22-8-11-30-19-27(22)28)21-5-2-4-20(14-21)18-29/h2-8,11,14-17,19,24,31H,9-10,12-13H2,1H3. The maximum atomic E-state index is 13.2. The van der Waals surface area contributed by atoms with E-state index >= 15 is 0 Å². The van der Waals surface area contributed by atoms with E-state index in [1.807, 2.05) is 30.5 Å². The van der Waals surface area contributed by atoms with E-state index in [9.17, 15) is 13.7 Å². The Labute approximate surface area is 211 Å². The third kappa shape index (κ3) is 4.76. The van der Waals surface area contributed by atoms with E-state index < -0.39 is 10.0 Å². The van der Waals surface area contributed by atoms with Crippen molar-refractivity contribution in [3.05, 3.63) is 84.7 Å². The second kappa shape index (κ2) is 9.97. The van der Waals surface area contributed by atoms with Crippen LogP contribution in [-0.2, 0) is 10.0 Å². The molecule has 0 aliphatic carbocycles. The van der Waals surface area contributed by atoms with Crippen LogP contribution < -0.4 is 10.1 Å². The monoisotopic (exact) mass is 498 g/mol. The Hall–Kier alpha value is -3.93. The maximum absolute atomic E-state index is 13.2. The van der Waals surface area contributed by atoms with Crippen molar-refractivity contribution >= 4 is 26.5 Å². The van der Waals surface area contributed by atoms with E-state index in [0.29, 0.717) is 37.2 Å². The number of hydrogen-bond acceptors (Lipinski definition) is 6. The van der Waals surface area contributed by atoms with Crippen molar-refractivity contribution in [3.8, 4) is 22.9 Å². The molecule has 1 aromatic heterocycles. The molecule has 1 aliphatic heterocycles. The fourth-order valence-corrected chi connectivity index (χ4v) is 6.13. The van der Waals surface area contributed by atoms with Crippen LogP contribution in [0.15, 0.2) is 84.0 Å². The van der Waals surface area contributed by atoms with E-state index in [1.54, 1.807) is 40.8 Å². The molecule has 8 heteroatoms. The normalized spacial score (nSPS) is 14.9. The second-order valence-electron chi connectivity index (χ2n) is 8.81. The van der Waals surface area contributed by atoms with Crippen LogP contribution in [-0.4, -0.2) is 43.9 Å². The Bertz CT molecular complexity index is 1550. The molecule has 0 radical (unpaired) electrons. The number of benzene rings is 3. The Morgan fingerprint density at radius 3 is 2.61 bits per heavy atom. The molecule has 36 heavy (non-hydrogen) atoms. The first kappa shape index (κ1) is 23.8. The van der Waals surface area contributed by atoms with Crippen LogP contribution >= 0.6 is 0 Å². The summed E-state index contributed by atoms with van der Waals surface area (Å²) in [6, 6.07) is 22.6. The summed E-state index contributed by atoms with van der Waals surface area (Å²) in [6.45, 7) is 0.856. The van der Waals surface area contributed by atoms with Gasteiger partial charge >= 0.3 is 0 Å². The molecule has 1 fully saturated rings. The Balaban J connectivity index is 1.37. The molecule has 4 aromatic rings. The molecule has 0 unspecified atom stereocenters. The molecule has 5 rings (SSSR count). The maximum Gasteiger partial charge on any atom is 0.243 e. The lowest BCUT2D eigenvalue weighted by Crippen LogP contribution is -2.42. The molecule has 3 aromatic carbocycles. The largest absolute Gasteiger partial charge is 0.497 e. The number of ether oxygens (including phenoxy) is 1. The zero-order valence-electron chi connectivity index (χ0n) is 19.9. The van der Waals surface area contributed by atoms with Gasteiger partial charge in [-0.15, -0.1) is 0 Å². The van der Waals surface area contributed by atoms with Crippen molar-refractivity contribution in [2.75, 3.05) is 25.5 Å². The highest BCUT2D eigenvalue weighted by Crippen LogP contribution is 2.33. The van der Waals surface area contributed by atoms with E-state index in [0.717, 1.165) is 27.6 Å². The number of nitrogens with one attached hydrogen (secondary N) is 1. The van der Waals surface area contributed by atoms with Gasteiger partial charge in [-0.2, -0.15) is 9.57 Å². The molecular weight excluding hydrogens is 472 g/mol. The lowest BCUT2D eigenvalue weighted by molar-refractivity contribution is 0.329. The summed E-state index contributed by atoms with van der Waals surface area (Å²) in [5.41, 5.74) is 3.54. The number of hydrogen-bond donors (Lipinski definition) is 1. The van der Waals surface area contributed by atoms with Crippen molar-refractivity contribution in [1.29, 1.82) is 5.26 Å². The number of anilines is 1. The molecule has 1 saturated heterocycles. The second-order valence-corrected chi connectivity index (χ2v) is 10.8. The van der Waals surface area contributed by atoms with Gasteiger partial charge in [0.05, 0.1) is 23.6 Å². The zero-order valence-corrected chi connectivity index (χ0v) is 20.7. The van der Waals surface area contributed by atoms with Crippen LogP contribution in [0, 0.1) is 11.3 Å². The summed E-state index contributed by atoms with van der Waals surface area (Å²) in [5.74, 6) is 0.522. The minimum absolute atomic E-state index is 0.117. The molecule has 7 nitrogen and oxygen atoms in total. The van der Waals surface area contributed by atoms with Gasteiger partial charge in [0.2, 0.25) is 10.0 Å². The number of methoxy groups -OCH3 is 1. The van der Waals surface area contributed by atoms with E-state index in [-0.39, 0.29) is 10.9 Å². The van der Waals surface area contributed by atoms with Gasteiger partial charge in [-0.3, -0.25) is 4.98 Å². The number of sulfonamides is 1. The third-order valence-corrected chi connectivity index (χ3v) is 8.47. The van der Waals surface area contributed by atoms with Gasteiger partial charge in [0.1, 0.15) is 5.75 Å². The highest BCUT2D eigenvalue weighted by Gasteiger charge is 2.30. The fourth-order valence-electron chi connectivity index (χ4n) is 4.62. The number of piperidine rings is 1. The molecule has 2 heterocycles. The smallest absolute Gasteiger partial charge is 0.243 e. The van der Waals surface area contributed by atoms with Crippen molar-refractivity contribution in [2.45, 2.75) is 23.8 Å². The number of pyridine rings is 1. The summed E-state index contributed by atoms with van der Waals surface area (Å²) < 4.78 is 33.1. The van der Waals surface area contributed by atoms with Crippen LogP contribution in [0.1, 0.15) is 18.4 Å². The van der Waals surface area contributed by atoms with Gasteiger partial charge in [0.25, 0.3) is 0 Å². The topological polar surface area (TPSA) is 95.3 Å². The molecule has 0 bridgehead atoms. The summed E-state index contributed by atoms with van der Waals surface area (Å²) in [4.78, 5) is 4.56. The van der Waals surface area contributed by atoms with Crippen molar-refractivity contribution in [1.82, 2.24) is 9.29 Å². The average Bonchev–Trinajstić information content (AvgIpc) is 2.93. The first-order chi connectivity index (χ1) is 17.5. The van der Waals surface area contributed by atoms with E-state index in [2.05, 4.69) is 28.5 Å². The number of aromatic nitrogens is 1. The van der Waals surface area contributed by atoms with E-state index in [1.165, 1.54) is 7.11 Å². The predicted molar refractivity (Wildman–Crippen MR) is 140 cm³/mol. The van der Waals surface area contributed by atoms with Gasteiger partial charge in [-0.1, -0.05) is 18.2 Å². The number of nitriles is 1. The highest BCUT2D eigenvalue weighted by atomic mass is 32.2. The van der Waals surface area contributed by atoms with Crippen LogP contribution in [0.5, 0.6) is 5.75 Å². The first-order valence-electron chi connectivity index (χ1n) is 11.8. The van der Waals surface area contributed by atoms with E-state index in [4.69, 9.17) is 4.74 Å². The fraction of sp³-hybridized carbons (Fsp3) is 0.214. The molecule has 1 aliphatic rings. The van der Waals surface area contributed by atoms with Crippen LogP contribution in [0.25, 0.3) is 21.9 Å². The highest BCUT2D eigenvalue weighted by molar-refractivity contribution is 7.89. The predicted octanol–water partition coefficient (Wildman–Crippen LogP) is 5.05. The van der Waals surface area contributed by atoms with Crippen molar-refractivity contribution in [3.63, 3.8) is 0 Å². The first-order valence-corrected chi connectivity index (χ1v) is 13.2. The van der Waals surface area contributed by atoms with Crippen LogP contribution in [0.2, 0.25) is 0 Å².